The molecule has 4 rings (SSSR count). The van der Waals surface area contributed by atoms with Gasteiger partial charge in [-0.25, -0.2) is 4.99 Å². The first-order chi connectivity index (χ1) is 11.7. The molecule has 0 aliphatic heterocycles. The van der Waals surface area contributed by atoms with E-state index in [0.717, 1.165) is 23.4 Å². The highest BCUT2D eigenvalue weighted by molar-refractivity contribution is 6.09. The van der Waals surface area contributed by atoms with Crippen LogP contribution in [0.4, 0.5) is 5.88 Å². The van der Waals surface area contributed by atoms with Crippen LogP contribution in [0, 0.1) is 13.8 Å². The standard InChI is InChI=1S/C20H19N3O/c1-4-23-18-8-6-5-7-16(18)17-11-15(9-10-19(17)23)12-21-20-13(2)14(3)22-24-20/h5-12H,4H2,1-3H3/b21-12+. The van der Waals surface area contributed by atoms with Crippen molar-refractivity contribution in [2.75, 3.05) is 0 Å². The van der Waals surface area contributed by atoms with Gasteiger partial charge in [-0.1, -0.05) is 29.4 Å². The van der Waals surface area contributed by atoms with E-state index in [1.807, 2.05) is 20.1 Å². The Morgan fingerprint density at radius 1 is 1.08 bits per heavy atom. The van der Waals surface area contributed by atoms with Crippen LogP contribution in [0.3, 0.4) is 0 Å². The van der Waals surface area contributed by atoms with Crippen molar-refractivity contribution < 1.29 is 4.52 Å². The lowest BCUT2D eigenvalue weighted by Crippen LogP contribution is -1.92. The molecule has 0 unspecified atom stereocenters. The van der Waals surface area contributed by atoms with Crippen molar-refractivity contribution in [2.45, 2.75) is 27.3 Å². The molecule has 120 valence electrons. The number of aromatic nitrogens is 2. The highest BCUT2D eigenvalue weighted by Crippen LogP contribution is 2.29. The van der Waals surface area contributed by atoms with Crippen molar-refractivity contribution in [1.29, 1.82) is 0 Å². The predicted octanol–water partition coefficient (Wildman–Crippen LogP) is 5.17. The summed E-state index contributed by atoms with van der Waals surface area (Å²) in [5, 5.41) is 6.47. The summed E-state index contributed by atoms with van der Waals surface area (Å²) >= 11 is 0. The van der Waals surface area contributed by atoms with Gasteiger partial charge in [0.25, 0.3) is 5.88 Å². The van der Waals surface area contributed by atoms with Gasteiger partial charge in [-0.15, -0.1) is 0 Å². The average molecular weight is 317 g/mol. The van der Waals surface area contributed by atoms with Gasteiger partial charge in [0.15, 0.2) is 0 Å². The summed E-state index contributed by atoms with van der Waals surface area (Å²) in [4.78, 5) is 4.45. The van der Waals surface area contributed by atoms with Crippen molar-refractivity contribution >= 4 is 33.9 Å². The lowest BCUT2D eigenvalue weighted by molar-refractivity contribution is 0.425. The van der Waals surface area contributed by atoms with Crippen LogP contribution in [0.25, 0.3) is 21.8 Å². The van der Waals surface area contributed by atoms with Crippen LogP contribution < -0.4 is 0 Å². The molecule has 4 heteroatoms. The molecule has 2 aromatic heterocycles. The quantitative estimate of drug-likeness (QED) is 0.489. The molecule has 2 aromatic carbocycles. The Kier molecular flexibility index (Phi) is 3.45. The third-order valence-corrected chi connectivity index (χ3v) is 4.58. The number of hydrogen-bond donors (Lipinski definition) is 0. The summed E-state index contributed by atoms with van der Waals surface area (Å²) in [6.07, 6.45) is 1.84. The number of aliphatic imine (C=N–C) groups is 1. The largest absolute Gasteiger partial charge is 0.341 e. The highest BCUT2D eigenvalue weighted by atomic mass is 16.5. The van der Waals surface area contributed by atoms with Gasteiger partial charge in [-0.3, -0.25) is 0 Å². The Morgan fingerprint density at radius 3 is 2.62 bits per heavy atom. The van der Waals surface area contributed by atoms with E-state index in [1.165, 1.54) is 21.8 Å². The topological polar surface area (TPSA) is 43.3 Å². The lowest BCUT2D eigenvalue weighted by atomic mass is 10.1. The molecule has 0 saturated heterocycles. The lowest BCUT2D eigenvalue weighted by Gasteiger charge is -2.02. The van der Waals surface area contributed by atoms with E-state index in [-0.39, 0.29) is 0 Å². The number of hydrogen-bond acceptors (Lipinski definition) is 3. The van der Waals surface area contributed by atoms with E-state index in [9.17, 15) is 0 Å². The fourth-order valence-corrected chi connectivity index (χ4v) is 3.15. The highest BCUT2D eigenvalue weighted by Gasteiger charge is 2.09. The van der Waals surface area contributed by atoms with Crippen LogP contribution in [0.15, 0.2) is 52.0 Å². The van der Waals surface area contributed by atoms with E-state index in [1.54, 1.807) is 0 Å². The summed E-state index contributed by atoms with van der Waals surface area (Å²) in [7, 11) is 0. The van der Waals surface area contributed by atoms with Gasteiger partial charge in [0.05, 0.1) is 5.69 Å². The Bertz CT molecular complexity index is 1070. The number of nitrogens with zero attached hydrogens (tertiary/aromatic N) is 3. The maximum Gasteiger partial charge on any atom is 0.253 e. The van der Waals surface area contributed by atoms with E-state index >= 15 is 0 Å². The van der Waals surface area contributed by atoms with Crippen LogP contribution in [0.1, 0.15) is 23.7 Å². The summed E-state index contributed by atoms with van der Waals surface area (Å²) in [5.74, 6) is 0.573. The minimum atomic E-state index is 0.573. The van der Waals surface area contributed by atoms with Crippen molar-refractivity contribution in [3.8, 4) is 0 Å². The van der Waals surface area contributed by atoms with Gasteiger partial charge in [-0.2, -0.15) is 0 Å². The molecule has 4 aromatic rings. The number of rotatable bonds is 3. The Hall–Kier alpha value is -2.88. The van der Waals surface area contributed by atoms with E-state index < -0.39 is 0 Å². The minimum Gasteiger partial charge on any atom is -0.341 e. The van der Waals surface area contributed by atoms with Gasteiger partial charge in [0, 0.05) is 40.1 Å². The molecule has 0 bridgehead atoms. The second-order valence-electron chi connectivity index (χ2n) is 5.99. The number of para-hydroxylation sites is 1. The van der Waals surface area contributed by atoms with E-state index in [2.05, 4.69) is 64.1 Å². The van der Waals surface area contributed by atoms with Crippen LogP contribution in [0.2, 0.25) is 0 Å². The average Bonchev–Trinajstić information content (AvgIpc) is 3.10. The van der Waals surface area contributed by atoms with Gasteiger partial charge in [0.2, 0.25) is 0 Å². The SMILES string of the molecule is CCn1c2ccccc2c2cc(/C=N/c3onc(C)c3C)ccc21. The van der Waals surface area contributed by atoms with Gasteiger partial charge >= 0.3 is 0 Å². The van der Waals surface area contributed by atoms with Crippen LogP contribution >= 0.6 is 0 Å². The molecule has 0 spiro atoms. The molecule has 24 heavy (non-hydrogen) atoms. The fourth-order valence-electron chi connectivity index (χ4n) is 3.15. The zero-order valence-corrected chi connectivity index (χ0v) is 14.1. The summed E-state index contributed by atoms with van der Waals surface area (Å²) < 4.78 is 7.59. The third kappa shape index (κ3) is 2.22. The molecule has 0 aliphatic rings. The first kappa shape index (κ1) is 14.7. The molecule has 0 fully saturated rings. The van der Waals surface area contributed by atoms with Gasteiger partial charge in [0.1, 0.15) is 0 Å². The normalized spacial score (nSPS) is 12.0. The first-order valence-corrected chi connectivity index (χ1v) is 8.17. The smallest absolute Gasteiger partial charge is 0.253 e. The maximum absolute atomic E-state index is 5.24. The molecule has 0 aliphatic carbocycles. The van der Waals surface area contributed by atoms with Gasteiger partial charge < -0.3 is 9.09 Å². The monoisotopic (exact) mass is 317 g/mol. The Labute approximate surface area is 140 Å². The number of benzene rings is 2. The number of fused-ring (bicyclic) bond motifs is 3. The predicted molar refractivity (Wildman–Crippen MR) is 98.3 cm³/mol. The number of aryl methyl sites for hydroxylation is 2. The molecule has 0 amide bonds. The second kappa shape index (κ2) is 5.64. The molecular weight excluding hydrogens is 298 g/mol. The third-order valence-electron chi connectivity index (χ3n) is 4.58. The van der Waals surface area contributed by atoms with Gasteiger partial charge in [-0.05, 0) is 44.5 Å². The summed E-state index contributed by atoms with van der Waals surface area (Å²) in [5.41, 5.74) is 5.43. The summed E-state index contributed by atoms with van der Waals surface area (Å²) in [6, 6.07) is 15.0. The summed E-state index contributed by atoms with van der Waals surface area (Å²) in [6.45, 7) is 7.02. The zero-order valence-electron chi connectivity index (χ0n) is 14.1. The Morgan fingerprint density at radius 2 is 1.88 bits per heavy atom. The fraction of sp³-hybridized carbons (Fsp3) is 0.200. The molecule has 4 nitrogen and oxygen atoms in total. The molecule has 0 saturated carbocycles. The van der Waals surface area contributed by atoms with Crippen molar-refractivity contribution in [3.05, 3.63) is 59.3 Å². The van der Waals surface area contributed by atoms with Crippen molar-refractivity contribution in [1.82, 2.24) is 9.72 Å². The molecular formula is C20H19N3O. The Balaban J connectivity index is 1.84. The zero-order chi connectivity index (χ0) is 16.7. The van der Waals surface area contributed by atoms with Crippen LogP contribution in [-0.4, -0.2) is 15.9 Å². The van der Waals surface area contributed by atoms with E-state index in [0.29, 0.717) is 5.88 Å². The molecule has 2 heterocycles. The van der Waals surface area contributed by atoms with Crippen LogP contribution in [0.5, 0.6) is 0 Å². The van der Waals surface area contributed by atoms with Crippen LogP contribution in [-0.2, 0) is 6.54 Å². The minimum absolute atomic E-state index is 0.573. The van der Waals surface area contributed by atoms with Crippen molar-refractivity contribution in [2.24, 2.45) is 4.99 Å². The molecule has 0 atom stereocenters. The maximum atomic E-state index is 5.24. The van der Waals surface area contributed by atoms with Crippen molar-refractivity contribution in [3.63, 3.8) is 0 Å². The molecule has 0 radical (unpaired) electrons. The second-order valence-corrected chi connectivity index (χ2v) is 5.99. The molecule has 0 N–H and O–H groups in total. The van der Waals surface area contributed by atoms with E-state index in [4.69, 9.17) is 4.52 Å². The first-order valence-electron chi connectivity index (χ1n) is 8.17.